The van der Waals surface area contributed by atoms with Gasteiger partial charge in [-0.3, -0.25) is 0 Å². The van der Waals surface area contributed by atoms with Gasteiger partial charge in [-0.25, -0.2) is 0 Å². The van der Waals surface area contributed by atoms with E-state index in [1.165, 1.54) is 38.6 Å². The summed E-state index contributed by atoms with van der Waals surface area (Å²) in [5.41, 5.74) is 0.758. The van der Waals surface area contributed by atoms with Gasteiger partial charge in [0.15, 0.2) is 0 Å². The highest BCUT2D eigenvalue weighted by molar-refractivity contribution is 4.95. The summed E-state index contributed by atoms with van der Waals surface area (Å²) in [5.74, 6) is 0. The summed E-state index contributed by atoms with van der Waals surface area (Å²) in [4.78, 5) is 2.53. The van der Waals surface area contributed by atoms with E-state index in [1.54, 1.807) is 0 Å². The van der Waals surface area contributed by atoms with Crippen LogP contribution in [-0.4, -0.2) is 24.5 Å². The summed E-state index contributed by atoms with van der Waals surface area (Å²) >= 11 is 0. The van der Waals surface area contributed by atoms with E-state index in [9.17, 15) is 0 Å². The van der Waals surface area contributed by atoms with Gasteiger partial charge >= 0.3 is 0 Å². The minimum atomic E-state index is 0.758. The van der Waals surface area contributed by atoms with Crippen molar-refractivity contribution in [2.24, 2.45) is 5.41 Å². The maximum absolute atomic E-state index is 2.53. The molecule has 2 fully saturated rings. The highest BCUT2D eigenvalue weighted by atomic mass is 15.2. The molecule has 1 unspecified atom stereocenters. The second-order valence-corrected chi connectivity index (χ2v) is 4.68. The van der Waals surface area contributed by atoms with Gasteiger partial charge in [-0.1, -0.05) is 12.8 Å². The smallest absolute Gasteiger partial charge is 0.00698 e. The van der Waals surface area contributed by atoms with Crippen LogP contribution in [0.3, 0.4) is 0 Å². The first-order chi connectivity index (χ1) is 5.22. The van der Waals surface area contributed by atoms with Crippen LogP contribution in [0.1, 0.15) is 39.0 Å². The fourth-order valence-electron chi connectivity index (χ4n) is 3.02. The van der Waals surface area contributed by atoms with Crippen molar-refractivity contribution in [3.63, 3.8) is 0 Å². The fourth-order valence-corrected chi connectivity index (χ4v) is 3.02. The predicted octanol–water partition coefficient (Wildman–Crippen LogP) is 2.27. The molecule has 1 aliphatic carbocycles. The van der Waals surface area contributed by atoms with E-state index in [-0.39, 0.29) is 0 Å². The topological polar surface area (TPSA) is 3.24 Å². The predicted molar refractivity (Wildman–Crippen MR) is 47.6 cm³/mol. The number of nitrogens with zero attached hydrogens (tertiary/aromatic N) is 1. The van der Waals surface area contributed by atoms with Gasteiger partial charge in [0.05, 0.1) is 0 Å². The second kappa shape index (κ2) is 2.48. The Morgan fingerprint density at radius 1 is 1.27 bits per heavy atom. The summed E-state index contributed by atoms with van der Waals surface area (Å²) in [6.45, 7) is 3.74. The van der Waals surface area contributed by atoms with Crippen LogP contribution in [0.5, 0.6) is 0 Å². The highest BCUT2D eigenvalue weighted by Crippen LogP contribution is 2.46. The molecule has 0 aromatic rings. The van der Waals surface area contributed by atoms with E-state index >= 15 is 0 Å². The van der Waals surface area contributed by atoms with Gasteiger partial charge in [0.25, 0.3) is 0 Å². The Kier molecular flexibility index (Phi) is 1.71. The van der Waals surface area contributed by atoms with Crippen molar-refractivity contribution >= 4 is 0 Å². The maximum atomic E-state index is 2.53. The normalized spacial score (nSPS) is 37.1. The standard InChI is InChI=1S/C10H19N/c1-9-7-10(8-11(9)2)5-3-4-6-10/h9H,3-8H2,1-2H3. The molecule has 0 aromatic heterocycles. The minimum absolute atomic E-state index is 0.758. The van der Waals surface area contributed by atoms with Gasteiger partial charge in [0.1, 0.15) is 0 Å². The summed E-state index contributed by atoms with van der Waals surface area (Å²) in [5, 5.41) is 0. The van der Waals surface area contributed by atoms with Crippen LogP contribution in [0.2, 0.25) is 0 Å². The van der Waals surface area contributed by atoms with Crippen molar-refractivity contribution in [2.75, 3.05) is 13.6 Å². The van der Waals surface area contributed by atoms with Crippen molar-refractivity contribution in [1.29, 1.82) is 0 Å². The third-order valence-corrected chi connectivity index (χ3v) is 3.73. The van der Waals surface area contributed by atoms with Crippen molar-refractivity contribution in [3.05, 3.63) is 0 Å². The lowest BCUT2D eigenvalue weighted by molar-refractivity contribution is 0.281. The monoisotopic (exact) mass is 153 g/mol. The zero-order valence-electron chi connectivity index (χ0n) is 7.77. The molecule has 1 heterocycles. The average molecular weight is 153 g/mol. The lowest BCUT2D eigenvalue weighted by atomic mass is 9.84. The van der Waals surface area contributed by atoms with Crippen LogP contribution in [-0.2, 0) is 0 Å². The molecule has 0 radical (unpaired) electrons. The van der Waals surface area contributed by atoms with Crippen LogP contribution < -0.4 is 0 Å². The number of likely N-dealkylation sites (tertiary alicyclic amines) is 1. The zero-order valence-corrected chi connectivity index (χ0v) is 7.77. The Morgan fingerprint density at radius 2 is 1.91 bits per heavy atom. The van der Waals surface area contributed by atoms with E-state index in [1.807, 2.05) is 0 Å². The van der Waals surface area contributed by atoms with Gasteiger partial charge in [0, 0.05) is 12.6 Å². The Hall–Kier alpha value is -0.0400. The molecule has 1 atom stereocenters. The quantitative estimate of drug-likeness (QED) is 0.516. The van der Waals surface area contributed by atoms with Crippen molar-refractivity contribution in [2.45, 2.75) is 45.1 Å². The summed E-state index contributed by atoms with van der Waals surface area (Å²) in [6.07, 6.45) is 7.44. The third kappa shape index (κ3) is 1.20. The zero-order chi connectivity index (χ0) is 7.90. The molecule has 1 aliphatic heterocycles. The van der Waals surface area contributed by atoms with Gasteiger partial charge < -0.3 is 4.90 Å². The Labute approximate surface area is 69.8 Å². The van der Waals surface area contributed by atoms with Crippen LogP contribution in [0.4, 0.5) is 0 Å². The molecule has 1 saturated carbocycles. The summed E-state index contributed by atoms with van der Waals surface area (Å²) in [6, 6.07) is 0.841. The summed E-state index contributed by atoms with van der Waals surface area (Å²) in [7, 11) is 2.28. The fraction of sp³-hybridized carbons (Fsp3) is 1.00. The molecule has 1 nitrogen and oxygen atoms in total. The molecule has 64 valence electrons. The van der Waals surface area contributed by atoms with E-state index in [0.717, 1.165) is 11.5 Å². The number of hydrogen-bond acceptors (Lipinski definition) is 1. The van der Waals surface area contributed by atoms with E-state index in [0.29, 0.717) is 0 Å². The first-order valence-electron chi connectivity index (χ1n) is 4.92. The Bertz CT molecular complexity index is 135. The van der Waals surface area contributed by atoms with Crippen molar-refractivity contribution in [3.8, 4) is 0 Å². The molecule has 0 amide bonds. The van der Waals surface area contributed by atoms with Crippen molar-refractivity contribution < 1.29 is 0 Å². The Morgan fingerprint density at radius 3 is 2.36 bits per heavy atom. The molecule has 0 aromatic carbocycles. The third-order valence-electron chi connectivity index (χ3n) is 3.73. The first kappa shape index (κ1) is 7.60. The number of rotatable bonds is 0. The number of hydrogen-bond donors (Lipinski definition) is 0. The molecule has 0 N–H and O–H groups in total. The Balaban J connectivity index is 2.06. The van der Waals surface area contributed by atoms with Crippen LogP contribution in [0, 0.1) is 5.41 Å². The summed E-state index contributed by atoms with van der Waals surface area (Å²) < 4.78 is 0. The highest BCUT2D eigenvalue weighted by Gasteiger charge is 2.41. The maximum Gasteiger partial charge on any atom is 0.00698 e. The van der Waals surface area contributed by atoms with Gasteiger partial charge in [-0.15, -0.1) is 0 Å². The minimum Gasteiger partial charge on any atom is -0.303 e. The average Bonchev–Trinajstić information content (AvgIpc) is 2.46. The van der Waals surface area contributed by atoms with Crippen molar-refractivity contribution in [1.82, 2.24) is 4.90 Å². The van der Waals surface area contributed by atoms with E-state index in [2.05, 4.69) is 18.9 Å². The molecule has 2 rings (SSSR count). The molecular weight excluding hydrogens is 134 g/mol. The first-order valence-corrected chi connectivity index (χ1v) is 4.92. The molecule has 1 heteroatoms. The van der Waals surface area contributed by atoms with E-state index < -0.39 is 0 Å². The van der Waals surface area contributed by atoms with E-state index in [4.69, 9.17) is 0 Å². The molecular formula is C10H19N. The van der Waals surface area contributed by atoms with Crippen LogP contribution in [0.25, 0.3) is 0 Å². The molecule has 2 aliphatic rings. The molecule has 1 spiro atoms. The van der Waals surface area contributed by atoms with Gasteiger partial charge in [0.2, 0.25) is 0 Å². The lowest BCUT2D eigenvalue weighted by Crippen LogP contribution is -2.23. The largest absolute Gasteiger partial charge is 0.303 e. The lowest BCUT2D eigenvalue weighted by Gasteiger charge is -2.21. The van der Waals surface area contributed by atoms with Crippen LogP contribution in [0.15, 0.2) is 0 Å². The molecule has 0 bridgehead atoms. The molecule has 1 saturated heterocycles. The molecule has 11 heavy (non-hydrogen) atoms. The van der Waals surface area contributed by atoms with Crippen LogP contribution >= 0.6 is 0 Å². The van der Waals surface area contributed by atoms with Gasteiger partial charge in [-0.05, 0) is 38.6 Å². The van der Waals surface area contributed by atoms with Gasteiger partial charge in [-0.2, -0.15) is 0 Å². The second-order valence-electron chi connectivity index (χ2n) is 4.68. The SMILES string of the molecule is CC1CC2(CCCC2)CN1C.